The maximum absolute atomic E-state index is 12.2. The summed E-state index contributed by atoms with van der Waals surface area (Å²) in [6.07, 6.45) is 8.75. The van der Waals surface area contributed by atoms with Crippen LogP contribution in [0.5, 0.6) is 5.75 Å². The monoisotopic (exact) mass is 427 g/mol. The Balaban J connectivity index is 1.43. The topological polar surface area (TPSA) is 29.5 Å². The van der Waals surface area contributed by atoms with Gasteiger partial charge in [0.15, 0.2) is 5.78 Å². The van der Waals surface area contributed by atoms with Crippen molar-refractivity contribution in [2.45, 2.75) is 71.4 Å². The highest BCUT2D eigenvalue weighted by molar-refractivity contribution is 6.30. The van der Waals surface area contributed by atoms with Crippen molar-refractivity contribution < 1.29 is 9.53 Å². The minimum Gasteiger partial charge on any atom is -0.490 e. The van der Waals surface area contributed by atoms with Crippen molar-refractivity contribution in [2.75, 3.05) is 7.05 Å². The third-order valence-corrected chi connectivity index (χ3v) is 9.57. The Kier molecular flexibility index (Phi) is 4.78. The van der Waals surface area contributed by atoms with Crippen molar-refractivity contribution in [1.29, 1.82) is 0 Å². The van der Waals surface area contributed by atoms with Crippen LogP contribution in [-0.4, -0.2) is 29.9 Å². The summed E-state index contributed by atoms with van der Waals surface area (Å²) in [6, 6.07) is 8.26. The van der Waals surface area contributed by atoms with Crippen molar-refractivity contribution in [2.24, 2.45) is 28.6 Å². The molecule has 162 valence electrons. The molecule has 4 heteroatoms. The van der Waals surface area contributed by atoms with Crippen LogP contribution in [0.15, 0.2) is 36.0 Å². The van der Waals surface area contributed by atoms with E-state index in [-0.39, 0.29) is 11.5 Å². The molecule has 7 atom stereocenters. The molecule has 1 aromatic rings. The molecule has 5 rings (SSSR count). The van der Waals surface area contributed by atoms with Crippen molar-refractivity contribution in [3.05, 3.63) is 41.1 Å². The molecule has 4 aliphatic rings. The van der Waals surface area contributed by atoms with Gasteiger partial charge in [-0.2, -0.15) is 0 Å². The average molecular weight is 428 g/mol. The number of benzene rings is 1. The third-order valence-electron chi connectivity index (χ3n) is 9.32. The van der Waals surface area contributed by atoms with Gasteiger partial charge in [-0.1, -0.05) is 25.4 Å². The highest BCUT2D eigenvalue weighted by Gasteiger charge is 2.61. The van der Waals surface area contributed by atoms with E-state index in [4.69, 9.17) is 16.3 Å². The normalized spacial score (nSPS) is 42.8. The summed E-state index contributed by atoms with van der Waals surface area (Å²) in [5.41, 5.74) is 1.77. The molecule has 3 fully saturated rings. The van der Waals surface area contributed by atoms with Crippen LogP contribution in [0.1, 0.15) is 59.3 Å². The van der Waals surface area contributed by atoms with Gasteiger partial charge in [-0.3, -0.25) is 4.79 Å². The Morgan fingerprint density at radius 1 is 1.13 bits per heavy atom. The molecule has 0 N–H and O–H groups in total. The number of ketones is 1. The predicted octanol–water partition coefficient (Wildman–Crippen LogP) is 6.12. The van der Waals surface area contributed by atoms with Gasteiger partial charge in [0.05, 0.1) is 6.10 Å². The van der Waals surface area contributed by atoms with Gasteiger partial charge in [0.1, 0.15) is 5.75 Å². The van der Waals surface area contributed by atoms with E-state index in [1.165, 1.54) is 18.5 Å². The molecule has 2 unspecified atom stereocenters. The summed E-state index contributed by atoms with van der Waals surface area (Å²) in [5.74, 6) is 3.22. The number of halogens is 1. The SMILES string of the molecule is CC1[C@@H]2[C@@H](CC[C@]3(C)CC(Oc4ccc(Cl)cc4)C[C@@H]23)[C@@]2(C)CCC(=O)C=C2N1C. The first-order valence-electron chi connectivity index (χ1n) is 11.6. The van der Waals surface area contributed by atoms with E-state index in [1.807, 2.05) is 30.3 Å². The summed E-state index contributed by atoms with van der Waals surface area (Å²) in [5, 5.41) is 0.749. The summed E-state index contributed by atoms with van der Waals surface area (Å²) in [7, 11) is 2.21. The number of hydrogen-bond acceptors (Lipinski definition) is 3. The van der Waals surface area contributed by atoms with Crippen LogP contribution in [0, 0.1) is 28.6 Å². The molecule has 2 saturated carbocycles. The number of carbonyl (C=O) groups is 1. The fourth-order valence-corrected chi connectivity index (χ4v) is 7.79. The summed E-state index contributed by atoms with van der Waals surface area (Å²) >= 11 is 6.05. The van der Waals surface area contributed by atoms with Crippen LogP contribution in [0.2, 0.25) is 5.02 Å². The van der Waals surface area contributed by atoms with Gasteiger partial charge in [0, 0.05) is 41.7 Å². The second-order valence-corrected chi connectivity index (χ2v) is 11.3. The zero-order valence-corrected chi connectivity index (χ0v) is 19.4. The van der Waals surface area contributed by atoms with Gasteiger partial charge in [-0.05, 0) is 86.5 Å². The van der Waals surface area contributed by atoms with E-state index in [0.29, 0.717) is 41.4 Å². The number of nitrogens with zero attached hydrogens (tertiary/aromatic N) is 1. The Bertz CT molecular complexity index is 880. The number of ether oxygens (including phenoxy) is 1. The minimum atomic E-state index is 0.135. The largest absolute Gasteiger partial charge is 0.490 e. The van der Waals surface area contributed by atoms with E-state index in [0.717, 1.165) is 30.0 Å². The van der Waals surface area contributed by atoms with Gasteiger partial charge >= 0.3 is 0 Å². The van der Waals surface area contributed by atoms with Crippen molar-refractivity contribution in [1.82, 2.24) is 4.90 Å². The summed E-state index contributed by atoms with van der Waals surface area (Å²) in [4.78, 5) is 14.7. The Labute approximate surface area is 185 Å². The number of allylic oxidation sites excluding steroid dienone is 2. The zero-order chi connectivity index (χ0) is 21.3. The highest BCUT2D eigenvalue weighted by Crippen LogP contribution is 2.65. The second-order valence-electron chi connectivity index (χ2n) is 10.9. The highest BCUT2D eigenvalue weighted by atomic mass is 35.5. The quantitative estimate of drug-likeness (QED) is 0.569. The van der Waals surface area contributed by atoms with Gasteiger partial charge in [0.2, 0.25) is 0 Å². The molecule has 3 aliphatic carbocycles. The van der Waals surface area contributed by atoms with Gasteiger partial charge in [0.25, 0.3) is 0 Å². The fourth-order valence-electron chi connectivity index (χ4n) is 7.66. The molecule has 0 amide bonds. The average Bonchev–Trinajstić information content (AvgIpc) is 3.05. The van der Waals surface area contributed by atoms with Gasteiger partial charge in [-0.25, -0.2) is 0 Å². The van der Waals surface area contributed by atoms with Crippen molar-refractivity contribution >= 4 is 17.4 Å². The first kappa shape index (κ1) is 20.4. The molecular weight excluding hydrogens is 394 g/mol. The molecule has 30 heavy (non-hydrogen) atoms. The van der Waals surface area contributed by atoms with Crippen LogP contribution in [0.4, 0.5) is 0 Å². The molecule has 0 spiro atoms. The van der Waals surface area contributed by atoms with Crippen molar-refractivity contribution in [3.63, 3.8) is 0 Å². The Hall–Kier alpha value is -1.48. The lowest BCUT2D eigenvalue weighted by molar-refractivity contribution is -0.121. The van der Waals surface area contributed by atoms with E-state index in [2.05, 4.69) is 32.7 Å². The van der Waals surface area contributed by atoms with Crippen LogP contribution >= 0.6 is 11.6 Å². The van der Waals surface area contributed by atoms with Crippen LogP contribution in [0.25, 0.3) is 0 Å². The Morgan fingerprint density at radius 2 is 1.87 bits per heavy atom. The van der Waals surface area contributed by atoms with E-state index >= 15 is 0 Å². The lowest BCUT2D eigenvalue weighted by atomic mass is 9.49. The molecule has 3 nitrogen and oxygen atoms in total. The third kappa shape index (κ3) is 3.03. The van der Waals surface area contributed by atoms with Crippen LogP contribution in [0.3, 0.4) is 0 Å². The van der Waals surface area contributed by atoms with Gasteiger partial charge < -0.3 is 9.64 Å². The van der Waals surface area contributed by atoms with Crippen LogP contribution < -0.4 is 4.74 Å². The number of rotatable bonds is 2. The van der Waals surface area contributed by atoms with E-state index in [1.54, 1.807) is 0 Å². The molecule has 1 aromatic carbocycles. The lowest BCUT2D eigenvalue weighted by Crippen LogP contribution is -2.60. The number of carbonyl (C=O) groups excluding carboxylic acids is 1. The summed E-state index contributed by atoms with van der Waals surface area (Å²) < 4.78 is 6.45. The van der Waals surface area contributed by atoms with Crippen molar-refractivity contribution in [3.8, 4) is 5.75 Å². The minimum absolute atomic E-state index is 0.135. The number of likely N-dealkylation sites (tertiary alicyclic amines) is 1. The number of fused-ring (bicyclic) bond motifs is 5. The van der Waals surface area contributed by atoms with Gasteiger partial charge in [-0.15, -0.1) is 0 Å². The molecule has 0 radical (unpaired) electrons. The molecule has 0 bridgehead atoms. The fraction of sp³-hybridized carbons (Fsp3) is 0.654. The van der Waals surface area contributed by atoms with E-state index < -0.39 is 0 Å². The first-order chi connectivity index (χ1) is 14.2. The molecular formula is C26H34ClNO2. The van der Waals surface area contributed by atoms with Crippen LogP contribution in [-0.2, 0) is 4.79 Å². The maximum Gasteiger partial charge on any atom is 0.157 e. The summed E-state index contributed by atoms with van der Waals surface area (Å²) in [6.45, 7) is 7.32. The predicted molar refractivity (Wildman–Crippen MR) is 121 cm³/mol. The first-order valence-corrected chi connectivity index (χ1v) is 12.0. The maximum atomic E-state index is 12.2. The molecule has 0 aromatic heterocycles. The molecule has 1 aliphatic heterocycles. The molecule has 1 saturated heterocycles. The lowest BCUT2D eigenvalue weighted by Gasteiger charge is -2.62. The number of hydrogen-bond donors (Lipinski definition) is 0. The zero-order valence-electron chi connectivity index (χ0n) is 18.7. The second kappa shape index (κ2) is 7.02. The standard InChI is InChI=1S/C26H34ClNO2/c1-16-24-21(26(3)12-9-18(29)13-23(26)28(16)4)10-11-25(2)15-20(14-22(24)25)30-19-7-5-17(27)6-8-19/h5-8,13,16,20-22,24H,9-12,14-15H2,1-4H3/t16?,20?,21-,22+,24-,25-,26-/m1/s1. The Morgan fingerprint density at radius 3 is 2.60 bits per heavy atom. The molecule has 1 heterocycles. The van der Waals surface area contributed by atoms with E-state index in [9.17, 15) is 4.79 Å². The smallest absolute Gasteiger partial charge is 0.157 e. The number of piperidine rings is 1.